The summed E-state index contributed by atoms with van der Waals surface area (Å²) in [5.74, 6) is 0.223. The Hall–Kier alpha value is -0.830. The van der Waals surface area contributed by atoms with Gasteiger partial charge in [-0.15, -0.1) is 0 Å². The number of allylic oxidation sites excluding steroid dienone is 1. The molecule has 1 saturated carbocycles. The number of hydrogen-bond acceptors (Lipinski definition) is 2. The number of nitrogens with zero attached hydrogens (tertiary/aromatic N) is 2. The first-order chi connectivity index (χ1) is 8.00. The molecule has 0 unspecified atom stereocenters. The molecule has 0 N–H and O–H groups in total. The molecule has 0 aromatic heterocycles. The van der Waals surface area contributed by atoms with Crippen LogP contribution in [0.1, 0.15) is 39.0 Å². The zero-order valence-corrected chi connectivity index (χ0v) is 11.5. The maximum absolute atomic E-state index is 11.7. The molecule has 0 saturated heterocycles. The highest BCUT2D eigenvalue weighted by molar-refractivity contribution is 5.73. The monoisotopic (exact) mass is 238 g/mol. The highest BCUT2D eigenvalue weighted by Gasteiger charge is 2.23. The maximum Gasteiger partial charge on any atom is 0.219 e. The molecule has 1 fully saturated rings. The average molecular weight is 238 g/mol. The van der Waals surface area contributed by atoms with Crippen molar-refractivity contribution in [1.82, 2.24) is 9.80 Å². The molecular formula is C14H26N2O. The number of amides is 1. The summed E-state index contributed by atoms with van der Waals surface area (Å²) in [4.78, 5) is 15.9. The van der Waals surface area contributed by atoms with Gasteiger partial charge in [-0.25, -0.2) is 0 Å². The molecular weight excluding hydrogens is 212 g/mol. The normalized spacial score (nSPS) is 17.5. The van der Waals surface area contributed by atoms with Gasteiger partial charge in [-0.05, 0) is 52.7 Å². The van der Waals surface area contributed by atoms with Crippen molar-refractivity contribution < 1.29 is 4.79 Å². The van der Waals surface area contributed by atoms with Gasteiger partial charge < -0.3 is 9.80 Å². The Morgan fingerprint density at radius 2 is 1.88 bits per heavy atom. The Morgan fingerprint density at radius 1 is 1.29 bits per heavy atom. The second-order valence-electron chi connectivity index (χ2n) is 5.35. The van der Waals surface area contributed by atoms with Crippen LogP contribution in [-0.2, 0) is 4.79 Å². The molecule has 0 atom stereocenters. The molecule has 0 aromatic carbocycles. The minimum Gasteiger partial charge on any atom is -0.340 e. The van der Waals surface area contributed by atoms with Crippen molar-refractivity contribution in [2.75, 3.05) is 27.2 Å². The fourth-order valence-corrected chi connectivity index (χ4v) is 2.48. The van der Waals surface area contributed by atoms with E-state index in [1.807, 2.05) is 0 Å². The van der Waals surface area contributed by atoms with Gasteiger partial charge in [-0.2, -0.15) is 0 Å². The van der Waals surface area contributed by atoms with E-state index in [0.29, 0.717) is 6.04 Å². The highest BCUT2D eigenvalue weighted by Crippen LogP contribution is 2.26. The molecule has 0 radical (unpaired) electrons. The number of carbonyl (C=O) groups is 1. The van der Waals surface area contributed by atoms with Gasteiger partial charge in [-0.1, -0.05) is 12.2 Å². The second kappa shape index (κ2) is 6.80. The van der Waals surface area contributed by atoms with E-state index in [0.717, 1.165) is 45.2 Å². The molecule has 98 valence electrons. The van der Waals surface area contributed by atoms with Crippen LogP contribution >= 0.6 is 0 Å². The molecule has 1 amide bonds. The lowest BCUT2D eigenvalue weighted by Crippen LogP contribution is -2.41. The van der Waals surface area contributed by atoms with Crippen molar-refractivity contribution in [3.63, 3.8) is 0 Å². The van der Waals surface area contributed by atoms with E-state index >= 15 is 0 Å². The SMILES string of the molecule is C=C1CCC(N(CCCN(C)C)C(C)=O)CC1. The minimum absolute atomic E-state index is 0.223. The Balaban J connectivity index is 2.42. The van der Waals surface area contributed by atoms with Crippen molar-refractivity contribution in [3.05, 3.63) is 12.2 Å². The van der Waals surface area contributed by atoms with Gasteiger partial charge >= 0.3 is 0 Å². The van der Waals surface area contributed by atoms with Crippen molar-refractivity contribution >= 4 is 5.91 Å². The summed E-state index contributed by atoms with van der Waals surface area (Å²) < 4.78 is 0. The van der Waals surface area contributed by atoms with E-state index in [1.165, 1.54) is 5.57 Å². The topological polar surface area (TPSA) is 23.6 Å². The summed E-state index contributed by atoms with van der Waals surface area (Å²) in [7, 11) is 4.14. The Morgan fingerprint density at radius 3 is 2.35 bits per heavy atom. The summed E-state index contributed by atoms with van der Waals surface area (Å²) in [6, 6.07) is 0.445. The van der Waals surface area contributed by atoms with Crippen molar-refractivity contribution in [3.8, 4) is 0 Å². The molecule has 17 heavy (non-hydrogen) atoms. The quantitative estimate of drug-likeness (QED) is 0.686. The fourth-order valence-electron chi connectivity index (χ4n) is 2.48. The van der Waals surface area contributed by atoms with Crippen LogP contribution in [0.3, 0.4) is 0 Å². The molecule has 1 aliphatic carbocycles. The third kappa shape index (κ3) is 4.90. The second-order valence-corrected chi connectivity index (χ2v) is 5.35. The first kappa shape index (κ1) is 14.2. The van der Waals surface area contributed by atoms with Crippen LogP contribution in [0, 0.1) is 0 Å². The van der Waals surface area contributed by atoms with Gasteiger partial charge in [0, 0.05) is 19.5 Å². The van der Waals surface area contributed by atoms with Gasteiger partial charge in [0.05, 0.1) is 0 Å². The maximum atomic E-state index is 11.7. The van der Waals surface area contributed by atoms with Crippen LogP contribution in [0.15, 0.2) is 12.2 Å². The van der Waals surface area contributed by atoms with Crippen LogP contribution in [0.4, 0.5) is 0 Å². The Labute approximate surface area is 105 Å². The lowest BCUT2D eigenvalue weighted by molar-refractivity contribution is -0.131. The third-order valence-electron chi connectivity index (χ3n) is 3.51. The van der Waals surface area contributed by atoms with Crippen molar-refractivity contribution in [2.24, 2.45) is 0 Å². The van der Waals surface area contributed by atoms with E-state index < -0.39 is 0 Å². The summed E-state index contributed by atoms with van der Waals surface area (Å²) in [6.45, 7) is 7.66. The van der Waals surface area contributed by atoms with E-state index in [1.54, 1.807) is 6.92 Å². The zero-order chi connectivity index (χ0) is 12.8. The average Bonchev–Trinajstić information content (AvgIpc) is 2.25. The van der Waals surface area contributed by atoms with Gasteiger partial charge in [0.1, 0.15) is 0 Å². The van der Waals surface area contributed by atoms with Gasteiger partial charge in [0.15, 0.2) is 0 Å². The first-order valence-electron chi connectivity index (χ1n) is 6.59. The van der Waals surface area contributed by atoms with Crippen molar-refractivity contribution in [1.29, 1.82) is 0 Å². The lowest BCUT2D eigenvalue weighted by Gasteiger charge is -2.34. The third-order valence-corrected chi connectivity index (χ3v) is 3.51. The molecule has 0 spiro atoms. The van der Waals surface area contributed by atoms with Crippen LogP contribution in [0.2, 0.25) is 0 Å². The summed E-state index contributed by atoms with van der Waals surface area (Å²) >= 11 is 0. The molecule has 3 nitrogen and oxygen atoms in total. The predicted molar refractivity (Wildman–Crippen MR) is 72.0 cm³/mol. The van der Waals surface area contributed by atoms with E-state index in [-0.39, 0.29) is 5.91 Å². The van der Waals surface area contributed by atoms with Crippen LogP contribution in [0.25, 0.3) is 0 Å². The smallest absolute Gasteiger partial charge is 0.219 e. The van der Waals surface area contributed by atoms with Crippen LogP contribution in [0.5, 0.6) is 0 Å². The molecule has 0 heterocycles. The molecule has 0 bridgehead atoms. The van der Waals surface area contributed by atoms with Crippen molar-refractivity contribution in [2.45, 2.75) is 45.1 Å². The molecule has 3 heteroatoms. The summed E-state index contributed by atoms with van der Waals surface area (Å²) in [6.07, 6.45) is 5.43. The van der Waals surface area contributed by atoms with Gasteiger partial charge in [0.2, 0.25) is 5.91 Å². The van der Waals surface area contributed by atoms with E-state index in [4.69, 9.17) is 0 Å². The molecule has 0 aliphatic heterocycles. The first-order valence-corrected chi connectivity index (χ1v) is 6.59. The fraction of sp³-hybridized carbons (Fsp3) is 0.786. The zero-order valence-electron chi connectivity index (χ0n) is 11.5. The van der Waals surface area contributed by atoms with Crippen LogP contribution < -0.4 is 0 Å². The Kier molecular flexibility index (Phi) is 5.69. The number of carbonyl (C=O) groups excluding carboxylic acids is 1. The predicted octanol–water partition coefficient (Wildman–Crippen LogP) is 2.29. The van der Waals surface area contributed by atoms with E-state index in [2.05, 4.69) is 30.5 Å². The minimum atomic E-state index is 0.223. The van der Waals surface area contributed by atoms with Gasteiger partial charge in [0.25, 0.3) is 0 Å². The lowest BCUT2D eigenvalue weighted by atomic mass is 9.90. The highest BCUT2D eigenvalue weighted by atomic mass is 16.2. The summed E-state index contributed by atoms with van der Waals surface area (Å²) in [5.41, 5.74) is 1.35. The molecule has 0 aromatic rings. The van der Waals surface area contributed by atoms with Crippen LogP contribution in [-0.4, -0.2) is 48.9 Å². The molecule has 1 aliphatic rings. The van der Waals surface area contributed by atoms with E-state index in [9.17, 15) is 4.79 Å². The van der Waals surface area contributed by atoms with Gasteiger partial charge in [-0.3, -0.25) is 4.79 Å². The summed E-state index contributed by atoms with van der Waals surface area (Å²) in [5, 5.41) is 0. The number of rotatable bonds is 5. The standard InChI is InChI=1S/C14H26N2O/c1-12-6-8-14(9-7-12)16(13(2)17)11-5-10-15(3)4/h14H,1,5-11H2,2-4H3. The molecule has 1 rings (SSSR count). The number of hydrogen-bond donors (Lipinski definition) is 0. The Bertz CT molecular complexity index is 263. The largest absolute Gasteiger partial charge is 0.340 e.